The maximum Gasteiger partial charge on any atom is 0.144 e. The summed E-state index contributed by atoms with van der Waals surface area (Å²) < 4.78 is 5.49. The molecule has 0 unspecified atom stereocenters. The van der Waals surface area contributed by atoms with Gasteiger partial charge in [-0.25, -0.2) is 4.98 Å². The first-order valence-corrected chi connectivity index (χ1v) is 5.80. The predicted octanol–water partition coefficient (Wildman–Crippen LogP) is 1.56. The lowest BCUT2D eigenvalue weighted by molar-refractivity contribution is -0.0553. The second-order valence-corrected chi connectivity index (χ2v) is 4.91. The molecule has 4 nitrogen and oxygen atoms in total. The highest BCUT2D eigenvalue weighted by Gasteiger charge is 2.30. The Bertz CT molecular complexity index is 437. The average Bonchev–Trinajstić information content (AvgIpc) is 2.32. The van der Waals surface area contributed by atoms with Crippen molar-refractivity contribution in [2.75, 3.05) is 19.8 Å². The van der Waals surface area contributed by atoms with Gasteiger partial charge in [0, 0.05) is 30.4 Å². The van der Waals surface area contributed by atoms with Crippen LogP contribution in [-0.2, 0) is 11.3 Å². The molecule has 0 aliphatic carbocycles. The molecule has 17 heavy (non-hydrogen) atoms. The normalized spacial score (nSPS) is 19.8. The van der Waals surface area contributed by atoms with Gasteiger partial charge >= 0.3 is 0 Å². The van der Waals surface area contributed by atoms with Gasteiger partial charge in [-0.3, -0.25) is 4.90 Å². The van der Waals surface area contributed by atoms with E-state index in [0.717, 1.165) is 31.9 Å². The Labute approximate surface area is 102 Å². The Morgan fingerprint density at radius 2 is 2.41 bits per heavy atom. The molecule has 1 saturated heterocycles. The van der Waals surface area contributed by atoms with Gasteiger partial charge in [0.15, 0.2) is 0 Å². The van der Waals surface area contributed by atoms with Gasteiger partial charge in [0.05, 0.1) is 13.2 Å². The third kappa shape index (κ3) is 2.63. The van der Waals surface area contributed by atoms with E-state index in [1.54, 1.807) is 6.20 Å². The molecule has 4 heteroatoms. The number of nitrogens with zero attached hydrogens (tertiary/aromatic N) is 3. The summed E-state index contributed by atoms with van der Waals surface area (Å²) in [6.45, 7) is 7.46. The summed E-state index contributed by atoms with van der Waals surface area (Å²) in [6.07, 6.45) is 1.66. The number of aromatic nitrogens is 1. The highest BCUT2D eigenvalue weighted by molar-refractivity contribution is 5.30. The Hall–Kier alpha value is -1.44. The Morgan fingerprint density at radius 1 is 1.59 bits per heavy atom. The standard InChI is InChI=1S/C13H17N3O/c1-13(2)10-17-7-6-16(13)9-11-4-3-5-15-12(11)8-14/h3-5H,6-7,9-10H2,1-2H3. The SMILES string of the molecule is CC1(C)COCCN1Cc1cccnc1C#N. The molecule has 0 atom stereocenters. The van der Waals surface area contributed by atoms with Crippen LogP contribution in [0.25, 0.3) is 0 Å². The number of hydrogen-bond acceptors (Lipinski definition) is 4. The van der Waals surface area contributed by atoms with Crippen molar-refractivity contribution in [2.24, 2.45) is 0 Å². The Balaban J connectivity index is 2.17. The minimum Gasteiger partial charge on any atom is -0.378 e. The minimum absolute atomic E-state index is 0.0147. The highest BCUT2D eigenvalue weighted by atomic mass is 16.5. The molecule has 1 aliphatic heterocycles. The molecule has 0 radical (unpaired) electrons. The van der Waals surface area contributed by atoms with Crippen molar-refractivity contribution >= 4 is 0 Å². The Morgan fingerprint density at radius 3 is 3.12 bits per heavy atom. The van der Waals surface area contributed by atoms with Crippen LogP contribution >= 0.6 is 0 Å². The second kappa shape index (κ2) is 4.82. The molecule has 0 amide bonds. The van der Waals surface area contributed by atoms with E-state index in [2.05, 4.69) is 29.8 Å². The number of pyridine rings is 1. The minimum atomic E-state index is 0.0147. The zero-order valence-electron chi connectivity index (χ0n) is 10.3. The van der Waals surface area contributed by atoms with Crippen molar-refractivity contribution in [3.05, 3.63) is 29.6 Å². The number of morpholine rings is 1. The van der Waals surface area contributed by atoms with Crippen LogP contribution in [0.15, 0.2) is 18.3 Å². The molecule has 0 N–H and O–H groups in total. The molecule has 2 heterocycles. The van der Waals surface area contributed by atoms with E-state index in [1.807, 2.05) is 12.1 Å². The summed E-state index contributed by atoms with van der Waals surface area (Å²) in [7, 11) is 0. The summed E-state index contributed by atoms with van der Waals surface area (Å²) in [5, 5.41) is 9.02. The van der Waals surface area contributed by atoms with Crippen LogP contribution in [0.4, 0.5) is 0 Å². The van der Waals surface area contributed by atoms with Crippen molar-refractivity contribution in [3.63, 3.8) is 0 Å². The quantitative estimate of drug-likeness (QED) is 0.775. The van der Waals surface area contributed by atoms with E-state index in [4.69, 9.17) is 10.00 Å². The Kier molecular flexibility index (Phi) is 3.41. The summed E-state index contributed by atoms with van der Waals surface area (Å²) in [4.78, 5) is 6.43. The van der Waals surface area contributed by atoms with Gasteiger partial charge in [-0.1, -0.05) is 6.07 Å². The van der Waals surface area contributed by atoms with Gasteiger partial charge in [0.25, 0.3) is 0 Å². The van der Waals surface area contributed by atoms with Gasteiger partial charge in [0.2, 0.25) is 0 Å². The third-order valence-electron chi connectivity index (χ3n) is 3.18. The molecule has 0 saturated carbocycles. The monoisotopic (exact) mass is 231 g/mol. The van der Waals surface area contributed by atoms with Crippen molar-refractivity contribution in [2.45, 2.75) is 25.9 Å². The lowest BCUT2D eigenvalue weighted by atomic mass is 10.0. The molecule has 0 aromatic carbocycles. The largest absolute Gasteiger partial charge is 0.378 e. The number of rotatable bonds is 2. The van der Waals surface area contributed by atoms with Crippen molar-refractivity contribution in [3.8, 4) is 6.07 Å². The highest BCUT2D eigenvalue weighted by Crippen LogP contribution is 2.22. The first-order valence-electron chi connectivity index (χ1n) is 5.80. The van der Waals surface area contributed by atoms with Gasteiger partial charge in [-0.2, -0.15) is 5.26 Å². The molecule has 1 aromatic heterocycles. The van der Waals surface area contributed by atoms with Crippen LogP contribution in [0.5, 0.6) is 0 Å². The lowest BCUT2D eigenvalue weighted by Crippen LogP contribution is -2.52. The van der Waals surface area contributed by atoms with Crippen LogP contribution < -0.4 is 0 Å². The number of hydrogen-bond donors (Lipinski definition) is 0. The van der Waals surface area contributed by atoms with Crippen molar-refractivity contribution in [1.82, 2.24) is 9.88 Å². The van der Waals surface area contributed by atoms with E-state index < -0.39 is 0 Å². The van der Waals surface area contributed by atoms with Gasteiger partial charge in [-0.15, -0.1) is 0 Å². The van der Waals surface area contributed by atoms with Crippen LogP contribution in [0.2, 0.25) is 0 Å². The predicted molar refractivity (Wildman–Crippen MR) is 64.3 cm³/mol. The van der Waals surface area contributed by atoms with Crippen molar-refractivity contribution < 1.29 is 4.74 Å². The first kappa shape index (κ1) is 12.0. The molecule has 1 aromatic rings. The first-order chi connectivity index (χ1) is 8.13. The molecule has 0 bridgehead atoms. The third-order valence-corrected chi connectivity index (χ3v) is 3.18. The van der Waals surface area contributed by atoms with E-state index in [1.165, 1.54) is 0 Å². The van der Waals surface area contributed by atoms with Crippen molar-refractivity contribution in [1.29, 1.82) is 5.26 Å². The summed E-state index contributed by atoms with van der Waals surface area (Å²) in [6, 6.07) is 5.99. The second-order valence-electron chi connectivity index (χ2n) is 4.91. The summed E-state index contributed by atoms with van der Waals surface area (Å²) in [5.41, 5.74) is 1.53. The zero-order chi connectivity index (χ0) is 12.3. The smallest absolute Gasteiger partial charge is 0.144 e. The summed E-state index contributed by atoms with van der Waals surface area (Å²) in [5.74, 6) is 0. The zero-order valence-corrected chi connectivity index (χ0v) is 10.3. The average molecular weight is 231 g/mol. The van der Waals surface area contributed by atoms with E-state index in [0.29, 0.717) is 5.69 Å². The fourth-order valence-electron chi connectivity index (χ4n) is 2.06. The van der Waals surface area contributed by atoms with Crippen LogP contribution in [0.3, 0.4) is 0 Å². The lowest BCUT2D eigenvalue weighted by Gasteiger charge is -2.42. The fraction of sp³-hybridized carbons (Fsp3) is 0.538. The molecular formula is C13H17N3O. The van der Waals surface area contributed by atoms with Crippen LogP contribution in [0, 0.1) is 11.3 Å². The van der Waals surface area contributed by atoms with Gasteiger partial charge in [-0.05, 0) is 19.9 Å². The van der Waals surface area contributed by atoms with Crippen LogP contribution in [-0.4, -0.2) is 35.2 Å². The number of ether oxygens (including phenoxy) is 1. The van der Waals surface area contributed by atoms with Gasteiger partial charge < -0.3 is 4.74 Å². The molecule has 90 valence electrons. The molecule has 1 aliphatic rings. The van der Waals surface area contributed by atoms with Crippen LogP contribution in [0.1, 0.15) is 25.1 Å². The van der Waals surface area contributed by atoms with E-state index >= 15 is 0 Å². The molecule has 2 rings (SSSR count). The molecule has 0 spiro atoms. The van der Waals surface area contributed by atoms with Gasteiger partial charge in [0.1, 0.15) is 11.8 Å². The topological polar surface area (TPSA) is 49.1 Å². The maximum atomic E-state index is 9.02. The molecular weight excluding hydrogens is 214 g/mol. The maximum absolute atomic E-state index is 9.02. The van der Waals surface area contributed by atoms with E-state index in [9.17, 15) is 0 Å². The van der Waals surface area contributed by atoms with E-state index in [-0.39, 0.29) is 5.54 Å². The number of nitriles is 1. The summed E-state index contributed by atoms with van der Waals surface area (Å²) >= 11 is 0. The molecule has 1 fully saturated rings. The fourth-order valence-corrected chi connectivity index (χ4v) is 2.06.